The van der Waals surface area contributed by atoms with Crippen LogP contribution in [0.25, 0.3) is 0 Å². The SMILES string of the molecule is CN(C)c1ccc(C(NCC2CC2)C(=O)O)cc1. The highest BCUT2D eigenvalue weighted by Crippen LogP contribution is 2.28. The number of hydrogen-bond donors (Lipinski definition) is 2. The van der Waals surface area contributed by atoms with Crippen molar-refractivity contribution in [2.45, 2.75) is 18.9 Å². The Morgan fingerprint density at radius 1 is 1.39 bits per heavy atom. The van der Waals surface area contributed by atoms with Gasteiger partial charge in [0.25, 0.3) is 0 Å². The highest BCUT2D eigenvalue weighted by atomic mass is 16.4. The van der Waals surface area contributed by atoms with Gasteiger partial charge in [-0.1, -0.05) is 12.1 Å². The van der Waals surface area contributed by atoms with Crippen LogP contribution in [-0.4, -0.2) is 31.7 Å². The molecule has 0 spiro atoms. The van der Waals surface area contributed by atoms with Gasteiger partial charge < -0.3 is 15.3 Å². The molecule has 1 atom stereocenters. The van der Waals surface area contributed by atoms with Crippen LogP contribution < -0.4 is 10.2 Å². The molecule has 2 N–H and O–H groups in total. The minimum Gasteiger partial charge on any atom is -0.480 e. The van der Waals surface area contributed by atoms with Gasteiger partial charge in [0.1, 0.15) is 6.04 Å². The Morgan fingerprint density at radius 2 is 2.00 bits per heavy atom. The quantitative estimate of drug-likeness (QED) is 0.807. The van der Waals surface area contributed by atoms with E-state index >= 15 is 0 Å². The number of hydrogen-bond acceptors (Lipinski definition) is 3. The monoisotopic (exact) mass is 248 g/mol. The number of aliphatic carboxylic acids is 1. The molecule has 1 aromatic carbocycles. The maximum Gasteiger partial charge on any atom is 0.325 e. The van der Waals surface area contributed by atoms with Gasteiger partial charge in [-0.25, -0.2) is 0 Å². The van der Waals surface area contributed by atoms with Crippen molar-refractivity contribution in [3.05, 3.63) is 29.8 Å². The average Bonchev–Trinajstić information content (AvgIpc) is 3.13. The van der Waals surface area contributed by atoms with Crippen molar-refractivity contribution >= 4 is 11.7 Å². The van der Waals surface area contributed by atoms with Crippen molar-refractivity contribution in [3.8, 4) is 0 Å². The van der Waals surface area contributed by atoms with E-state index in [1.165, 1.54) is 12.8 Å². The van der Waals surface area contributed by atoms with E-state index < -0.39 is 12.0 Å². The van der Waals surface area contributed by atoms with Crippen LogP contribution in [0, 0.1) is 5.92 Å². The molecule has 0 amide bonds. The number of carboxylic acid groups (broad SMARTS) is 1. The predicted octanol–water partition coefficient (Wildman–Crippen LogP) is 1.88. The number of anilines is 1. The molecule has 0 bridgehead atoms. The van der Waals surface area contributed by atoms with Gasteiger partial charge in [-0.05, 0) is 43.0 Å². The molecule has 0 radical (unpaired) electrons. The second-order valence-corrected chi connectivity index (χ2v) is 5.11. The molecule has 0 aliphatic heterocycles. The molecule has 4 heteroatoms. The van der Waals surface area contributed by atoms with Crippen molar-refractivity contribution in [1.29, 1.82) is 0 Å². The first-order chi connectivity index (χ1) is 8.58. The smallest absolute Gasteiger partial charge is 0.325 e. The molecule has 2 rings (SSSR count). The molecule has 18 heavy (non-hydrogen) atoms. The molecule has 1 aromatic rings. The van der Waals surface area contributed by atoms with E-state index in [0.29, 0.717) is 5.92 Å². The maximum atomic E-state index is 11.3. The third-order valence-corrected chi connectivity index (χ3v) is 3.30. The lowest BCUT2D eigenvalue weighted by Gasteiger charge is -2.17. The molecular formula is C14H20N2O2. The standard InChI is InChI=1S/C14H20N2O2/c1-16(2)12-7-5-11(6-8-12)13(14(17)18)15-9-10-3-4-10/h5-8,10,13,15H,3-4,9H2,1-2H3,(H,17,18). The molecule has 0 heterocycles. The van der Waals surface area contributed by atoms with Gasteiger partial charge in [-0.3, -0.25) is 4.79 Å². The van der Waals surface area contributed by atoms with E-state index in [0.717, 1.165) is 17.8 Å². The van der Waals surface area contributed by atoms with Crippen molar-refractivity contribution in [2.75, 3.05) is 25.5 Å². The Bertz CT molecular complexity index is 410. The maximum absolute atomic E-state index is 11.3. The normalized spacial score (nSPS) is 16.3. The van der Waals surface area contributed by atoms with Crippen LogP contribution in [0.3, 0.4) is 0 Å². The molecule has 1 fully saturated rings. The summed E-state index contributed by atoms with van der Waals surface area (Å²) in [7, 11) is 3.93. The van der Waals surface area contributed by atoms with E-state index in [-0.39, 0.29) is 0 Å². The fourth-order valence-corrected chi connectivity index (χ4v) is 1.92. The molecular weight excluding hydrogens is 228 g/mol. The Hall–Kier alpha value is -1.55. The third kappa shape index (κ3) is 3.23. The fraction of sp³-hybridized carbons (Fsp3) is 0.500. The van der Waals surface area contributed by atoms with Gasteiger partial charge in [-0.2, -0.15) is 0 Å². The van der Waals surface area contributed by atoms with Gasteiger partial charge in [0.15, 0.2) is 0 Å². The summed E-state index contributed by atoms with van der Waals surface area (Å²) in [6.45, 7) is 0.798. The fourth-order valence-electron chi connectivity index (χ4n) is 1.92. The highest BCUT2D eigenvalue weighted by molar-refractivity contribution is 5.75. The Kier molecular flexibility index (Phi) is 3.87. The number of rotatable bonds is 6. The van der Waals surface area contributed by atoms with Crippen molar-refractivity contribution in [1.82, 2.24) is 5.32 Å². The van der Waals surface area contributed by atoms with Gasteiger partial charge in [-0.15, -0.1) is 0 Å². The second-order valence-electron chi connectivity index (χ2n) is 5.11. The minimum absolute atomic E-state index is 0.596. The summed E-state index contributed by atoms with van der Waals surface area (Å²) in [5.41, 5.74) is 1.89. The van der Waals surface area contributed by atoms with Crippen LogP contribution in [0.2, 0.25) is 0 Å². The topological polar surface area (TPSA) is 52.6 Å². The number of benzene rings is 1. The summed E-state index contributed by atoms with van der Waals surface area (Å²) < 4.78 is 0. The zero-order valence-electron chi connectivity index (χ0n) is 10.9. The first kappa shape index (κ1) is 12.9. The number of nitrogens with one attached hydrogen (secondary N) is 1. The lowest BCUT2D eigenvalue weighted by Crippen LogP contribution is -2.30. The van der Waals surface area contributed by atoms with E-state index in [1.54, 1.807) is 0 Å². The largest absolute Gasteiger partial charge is 0.480 e. The van der Waals surface area contributed by atoms with E-state index in [9.17, 15) is 9.90 Å². The lowest BCUT2D eigenvalue weighted by atomic mass is 10.1. The van der Waals surface area contributed by atoms with Crippen LogP contribution in [0.1, 0.15) is 24.4 Å². The summed E-state index contributed by atoms with van der Waals surface area (Å²) in [5, 5.41) is 12.4. The van der Waals surface area contributed by atoms with E-state index in [1.807, 2.05) is 43.3 Å². The van der Waals surface area contributed by atoms with Crippen LogP contribution in [0.4, 0.5) is 5.69 Å². The zero-order valence-corrected chi connectivity index (χ0v) is 10.9. The van der Waals surface area contributed by atoms with Crippen LogP contribution in [0.5, 0.6) is 0 Å². The second kappa shape index (κ2) is 5.40. The van der Waals surface area contributed by atoms with Gasteiger partial charge in [0.2, 0.25) is 0 Å². The van der Waals surface area contributed by atoms with Crippen LogP contribution >= 0.6 is 0 Å². The number of nitrogens with zero attached hydrogens (tertiary/aromatic N) is 1. The number of carbonyl (C=O) groups is 1. The molecule has 1 saturated carbocycles. The van der Waals surface area contributed by atoms with Gasteiger partial charge in [0, 0.05) is 19.8 Å². The molecule has 0 saturated heterocycles. The Labute approximate surface area is 108 Å². The zero-order chi connectivity index (χ0) is 13.1. The average molecular weight is 248 g/mol. The Morgan fingerprint density at radius 3 is 2.44 bits per heavy atom. The summed E-state index contributed by atoms with van der Waals surface area (Å²) in [4.78, 5) is 13.3. The molecule has 98 valence electrons. The molecule has 1 aliphatic carbocycles. The summed E-state index contributed by atoms with van der Waals surface area (Å²) in [6.07, 6.45) is 2.44. The summed E-state index contributed by atoms with van der Waals surface area (Å²) >= 11 is 0. The van der Waals surface area contributed by atoms with Gasteiger partial charge >= 0.3 is 5.97 Å². The third-order valence-electron chi connectivity index (χ3n) is 3.30. The molecule has 1 unspecified atom stereocenters. The molecule has 1 aliphatic rings. The lowest BCUT2D eigenvalue weighted by molar-refractivity contribution is -0.139. The van der Waals surface area contributed by atoms with Crippen molar-refractivity contribution in [3.63, 3.8) is 0 Å². The summed E-state index contributed by atoms with van der Waals surface area (Å²) in [6, 6.07) is 7.07. The number of carboxylic acids is 1. The first-order valence-electron chi connectivity index (χ1n) is 6.31. The van der Waals surface area contributed by atoms with Crippen LogP contribution in [0.15, 0.2) is 24.3 Å². The minimum atomic E-state index is -0.812. The molecule has 0 aromatic heterocycles. The highest BCUT2D eigenvalue weighted by Gasteiger charge is 2.25. The predicted molar refractivity (Wildman–Crippen MR) is 71.9 cm³/mol. The van der Waals surface area contributed by atoms with E-state index in [4.69, 9.17) is 0 Å². The van der Waals surface area contributed by atoms with E-state index in [2.05, 4.69) is 5.32 Å². The molecule has 4 nitrogen and oxygen atoms in total. The van der Waals surface area contributed by atoms with Gasteiger partial charge in [0.05, 0.1) is 0 Å². The van der Waals surface area contributed by atoms with Crippen molar-refractivity contribution in [2.24, 2.45) is 5.92 Å². The van der Waals surface area contributed by atoms with Crippen LogP contribution in [-0.2, 0) is 4.79 Å². The Balaban J connectivity index is 2.06. The first-order valence-corrected chi connectivity index (χ1v) is 6.31. The summed E-state index contributed by atoms with van der Waals surface area (Å²) in [5.74, 6) is -0.138. The van der Waals surface area contributed by atoms with Crippen molar-refractivity contribution < 1.29 is 9.90 Å².